The summed E-state index contributed by atoms with van der Waals surface area (Å²) in [6, 6.07) is 6.83. The third kappa shape index (κ3) is 4.12. The normalized spacial score (nSPS) is 11.7. The van der Waals surface area contributed by atoms with E-state index in [0.717, 1.165) is 16.3 Å². The number of aryl methyl sites for hydroxylation is 1. The van der Waals surface area contributed by atoms with Crippen molar-refractivity contribution in [2.45, 2.75) is 23.6 Å². The number of nitrogens with one attached hydrogen (secondary N) is 1. The summed E-state index contributed by atoms with van der Waals surface area (Å²) < 4.78 is 26.8. The first-order valence-corrected chi connectivity index (χ1v) is 9.55. The summed E-state index contributed by atoms with van der Waals surface area (Å²) >= 11 is 4.90. The van der Waals surface area contributed by atoms with E-state index in [4.69, 9.17) is 0 Å². The number of aromatic nitrogens is 1. The molecule has 1 heterocycles. The molecule has 0 aliphatic carbocycles. The van der Waals surface area contributed by atoms with Crippen LogP contribution in [0, 0.1) is 6.92 Å². The van der Waals surface area contributed by atoms with Crippen molar-refractivity contribution in [3.63, 3.8) is 0 Å². The Labute approximate surface area is 131 Å². The van der Waals surface area contributed by atoms with Crippen molar-refractivity contribution in [2.24, 2.45) is 0 Å². The second-order valence-corrected chi connectivity index (χ2v) is 7.67. The first-order chi connectivity index (χ1) is 9.51. The molecule has 0 unspecified atom stereocenters. The van der Waals surface area contributed by atoms with Gasteiger partial charge in [-0.25, -0.2) is 18.1 Å². The van der Waals surface area contributed by atoms with Gasteiger partial charge in [0.1, 0.15) is 0 Å². The fourth-order valence-corrected chi connectivity index (χ4v) is 3.73. The van der Waals surface area contributed by atoms with Crippen LogP contribution in [-0.2, 0) is 21.8 Å². The van der Waals surface area contributed by atoms with Gasteiger partial charge in [0.05, 0.1) is 15.6 Å². The lowest BCUT2D eigenvalue weighted by molar-refractivity contribution is 0.581. The topological polar surface area (TPSA) is 59.1 Å². The summed E-state index contributed by atoms with van der Waals surface area (Å²) in [6.45, 7) is 2.29. The summed E-state index contributed by atoms with van der Waals surface area (Å²) in [5.41, 5.74) is 1.96. The minimum absolute atomic E-state index is 0.289. The van der Waals surface area contributed by atoms with Gasteiger partial charge >= 0.3 is 0 Å². The third-order valence-electron chi connectivity index (χ3n) is 2.73. The van der Waals surface area contributed by atoms with Crippen LogP contribution in [0.15, 0.2) is 34.5 Å². The Morgan fingerprint density at radius 1 is 1.30 bits per heavy atom. The zero-order chi connectivity index (χ0) is 14.6. The number of halogens is 1. The van der Waals surface area contributed by atoms with E-state index in [0.29, 0.717) is 18.3 Å². The van der Waals surface area contributed by atoms with Gasteiger partial charge in [0.15, 0.2) is 0 Å². The number of rotatable bonds is 6. The lowest BCUT2D eigenvalue weighted by atomic mass is 10.2. The van der Waals surface area contributed by atoms with Crippen molar-refractivity contribution in [1.82, 2.24) is 9.71 Å². The van der Waals surface area contributed by atoms with Gasteiger partial charge in [-0.3, -0.25) is 0 Å². The SMILES string of the molecule is Cc1nc(CCNS(=O)(=O)c2ccc(CBr)cc2)cs1. The van der Waals surface area contributed by atoms with Crippen LogP contribution in [0.5, 0.6) is 0 Å². The second-order valence-electron chi connectivity index (χ2n) is 4.28. The molecule has 4 nitrogen and oxygen atoms in total. The zero-order valence-electron chi connectivity index (χ0n) is 11.0. The average molecular weight is 375 g/mol. The molecule has 2 aromatic rings. The highest BCUT2D eigenvalue weighted by Gasteiger charge is 2.13. The van der Waals surface area contributed by atoms with Crippen molar-refractivity contribution in [2.75, 3.05) is 6.54 Å². The zero-order valence-corrected chi connectivity index (χ0v) is 14.2. The average Bonchev–Trinajstić information content (AvgIpc) is 2.84. The predicted octanol–water partition coefficient (Wildman–Crippen LogP) is 2.87. The Kier molecular flexibility index (Phi) is 5.31. The van der Waals surface area contributed by atoms with Crippen molar-refractivity contribution in [3.8, 4) is 0 Å². The lowest BCUT2D eigenvalue weighted by Crippen LogP contribution is -2.26. The molecule has 20 heavy (non-hydrogen) atoms. The molecule has 0 radical (unpaired) electrons. The number of alkyl halides is 1. The Hall–Kier alpha value is -0.760. The molecule has 0 saturated heterocycles. The maximum Gasteiger partial charge on any atom is 0.240 e. The van der Waals surface area contributed by atoms with Crippen LogP contribution >= 0.6 is 27.3 Å². The third-order valence-corrected chi connectivity index (χ3v) is 5.67. The van der Waals surface area contributed by atoms with Crippen LogP contribution in [0.1, 0.15) is 16.3 Å². The molecular formula is C13H15BrN2O2S2. The molecule has 1 aromatic heterocycles. The molecule has 0 saturated carbocycles. The molecule has 108 valence electrons. The molecule has 2 rings (SSSR count). The quantitative estimate of drug-likeness (QED) is 0.790. The molecule has 0 aliphatic heterocycles. The van der Waals surface area contributed by atoms with Gasteiger partial charge in [-0.05, 0) is 24.6 Å². The highest BCUT2D eigenvalue weighted by atomic mass is 79.9. The van der Waals surface area contributed by atoms with Crippen molar-refractivity contribution >= 4 is 37.3 Å². The van der Waals surface area contributed by atoms with Crippen LogP contribution < -0.4 is 4.72 Å². The van der Waals surface area contributed by atoms with E-state index >= 15 is 0 Å². The number of hydrogen-bond donors (Lipinski definition) is 1. The summed E-state index contributed by atoms with van der Waals surface area (Å²) in [4.78, 5) is 4.59. The van der Waals surface area contributed by atoms with Crippen LogP contribution in [0.3, 0.4) is 0 Å². The second kappa shape index (κ2) is 6.80. The molecule has 0 bridgehead atoms. The van der Waals surface area contributed by atoms with E-state index < -0.39 is 10.0 Å². The number of benzene rings is 1. The molecular weight excluding hydrogens is 360 g/mol. The van der Waals surface area contributed by atoms with Crippen LogP contribution in [0.4, 0.5) is 0 Å². The van der Waals surface area contributed by atoms with Crippen LogP contribution in [-0.4, -0.2) is 19.9 Å². The van der Waals surface area contributed by atoms with Gasteiger partial charge < -0.3 is 0 Å². The smallest absolute Gasteiger partial charge is 0.240 e. The molecule has 0 amide bonds. The first kappa shape index (κ1) is 15.6. The standard InChI is InChI=1S/C13H15BrN2O2S2/c1-10-16-12(9-19-10)6-7-15-20(17,18)13-4-2-11(8-14)3-5-13/h2-5,9,15H,6-8H2,1H3. The van der Waals surface area contributed by atoms with Gasteiger partial charge in [-0.2, -0.15) is 0 Å². The Morgan fingerprint density at radius 2 is 2.00 bits per heavy atom. The first-order valence-electron chi connectivity index (χ1n) is 6.07. The maximum atomic E-state index is 12.1. The monoisotopic (exact) mass is 374 g/mol. The van der Waals surface area contributed by atoms with Crippen LogP contribution in [0.25, 0.3) is 0 Å². The molecule has 7 heteroatoms. The molecule has 1 aromatic carbocycles. The van der Waals surface area contributed by atoms with Crippen molar-refractivity contribution in [1.29, 1.82) is 0 Å². The van der Waals surface area contributed by atoms with Gasteiger partial charge in [0, 0.05) is 23.7 Å². The van der Waals surface area contributed by atoms with E-state index in [9.17, 15) is 8.42 Å². The fourth-order valence-electron chi connectivity index (χ4n) is 1.68. The Bertz CT molecular complexity index is 666. The molecule has 0 atom stereocenters. The van der Waals surface area contributed by atoms with Gasteiger partial charge in [-0.1, -0.05) is 28.1 Å². The van der Waals surface area contributed by atoms with Gasteiger partial charge in [0.25, 0.3) is 0 Å². The number of nitrogens with zero attached hydrogens (tertiary/aromatic N) is 1. The van der Waals surface area contributed by atoms with Crippen molar-refractivity contribution < 1.29 is 8.42 Å². The Balaban J connectivity index is 1.96. The highest BCUT2D eigenvalue weighted by molar-refractivity contribution is 9.08. The van der Waals surface area contributed by atoms with Crippen LogP contribution in [0.2, 0.25) is 0 Å². The fraction of sp³-hybridized carbons (Fsp3) is 0.308. The summed E-state index contributed by atoms with van der Waals surface area (Å²) in [5.74, 6) is 0. The summed E-state index contributed by atoms with van der Waals surface area (Å²) in [6.07, 6.45) is 0.600. The largest absolute Gasteiger partial charge is 0.247 e. The van der Waals surface area contributed by atoms with Gasteiger partial charge in [0.2, 0.25) is 10.0 Å². The minimum Gasteiger partial charge on any atom is -0.247 e. The predicted molar refractivity (Wildman–Crippen MR) is 84.8 cm³/mol. The molecule has 0 fully saturated rings. The number of hydrogen-bond acceptors (Lipinski definition) is 4. The molecule has 0 aliphatic rings. The molecule has 1 N–H and O–H groups in total. The number of sulfonamides is 1. The highest BCUT2D eigenvalue weighted by Crippen LogP contribution is 2.13. The molecule has 0 spiro atoms. The van der Waals surface area contributed by atoms with E-state index in [2.05, 4.69) is 25.6 Å². The Morgan fingerprint density at radius 3 is 2.55 bits per heavy atom. The minimum atomic E-state index is -3.44. The maximum absolute atomic E-state index is 12.1. The summed E-state index contributed by atoms with van der Waals surface area (Å²) in [5, 5.41) is 3.66. The lowest BCUT2D eigenvalue weighted by Gasteiger charge is -2.06. The van der Waals surface area contributed by atoms with E-state index in [-0.39, 0.29) is 4.90 Å². The van der Waals surface area contributed by atoms with E-state index in [1.165, 1.54) is 0 Å². The van der Waals surface area contributed by atoms with Gasteiger partial charge in [-0.15, -0.1) is 11.3 Å². The van der Waals surface area contributed by atoms with E-state index in [1.54, 1.807) is 35.6 Å². The van der Waals surface area contributed by atoms with Crippen molar-refractivity contribution in [3.05, 3.63) is 45.9 Å². The van der Waals surface area contributed by atoms with E-state index in [1.807, 2.05) is 12.3 Å². The summed E-state index contributed by atoms with van der Waals surface area (Å²) in [7, 11) is -3.44. The number of thiazole rings is 1.